The molecule has 0 saturated carbocycles. The summed E-state index contributed by atoms with van der Waals surface area (Å²) in [6.07, 6.45) is 3.86. The minimum absolute atomic E-state index is 0.00724. The maximum Gasteiger partial charge on any atom is 0.224 e. The van der Waals surface area contributed by atoms with Gasteiger partial charge in [-0.15, -0.1) is 0 Å². The van der Waals surface area contributed by atoms with Gasteiger partial charge in [-0.2, -0.15) is 0 Å². The van der Waals surface area contributed by atoms with E-state index >= 15 is 0 Å². The summed E-state index contributed by atoms with van der Waals surface area (Å²) in [5.74, 6) is -0.0246. The van der Waals surface area contributed by atoms with E-state index in [9.17, 15) is 4.79 Å². The van der Waals surface area contributed by atoms with Crippen molar-refractivity contribution in [1.29, 1.82) is 0 Å². The monoisotopic (exact) mass is 284 g/mol. The van der Waals surface area contributed by atoms with Crippen LogP contribution in [0.4, 0.5) is 0 Å². The van der Waals surface area contributed by atoms with E-state index in [-0.39, 0.29) is 17.9 Å². The van der Waals surface area contributed by atoms with E-state index in [1.807, 2.05) is 0 Å². The molecule has 2 rings (SSSR count). The zero-order valence-electron chi connectivity index (χ0n) is 10.7. The third-order valence-electron chi connectivity index (χ3n) is 3.11. The number of ether oxygens (including phenoxy) is 1. The van der Waals surface area contributed by atoms with Crippen molar-refractivity contribution in [3.8, 4) is 0 Å². The van der Waals surface area contributed by atoms with Crippen molar-refractivity contribution in [2.24, 2.45) is 5.92 Å². The number of hydrogen-bond acceptors (Lipinski definition) is 5. The lowest BCUT2D eigenvalue weighted by Crippen LogP contribution is -2.31. The van der Waals surface area contributed by atoms with Gasteiger partial charge in [0.1, 0.15) is 0 Å². The zero-order valence-corrected chi connectivity index (χ0v) is 11.5. The number of amides is 1. The van der Waals surface area contributed by atoms with E-state index in [1.54, 1.807) is 13.3 Å². The second-order valence-electron chi connectivity index (χ2n) is 4.50. The molecule has 2 atom stereocenters. The second-order valence-corrected chi connectivity index (χ2v) is 4.86. The van der Waals surface area contributed by atoms with E-state index in [0.717, 1.165) is 6.42 Å². The highest BCUT2D eigenvalue weighted by molar-refractivity contribution is 6.29. The first kappa shape index (κ1) is 14.2. The fourth-order valence-electron chi connectivity index (χ4n) is 2.13. The minimum atomic E-state index is -0.0319. The largest absolute Gasteiger partial charge is 0.383 e. The van der Waals surface area contributed by atoms with Crippen molar-refractivity contribution >= 4 is 17.5 Å². The highest BCUT2D eigenvalue weighted by Gasteiger charge is 2.29. The van der Waals surface area contributed by atoms with Crippen LogP contribution in [0.15, 0.2) is 12.4 Å². The molecule has 19 heavy (non-hydrogen) atoms. The summed E-state index contributed by atoms with van der Waals surface area (Å²) in [4.78, 5) is 20.0. The molecule has 1 aromatic heterocycles. The van der Waals surface area contributed by atoms with Gasteiger partial charge in [-0.05, 0) is 6.42 Å². The van der Waals surface area contributed by atoms with Crippen molar-refractivity contribution in [3.05, 3.63) is 23.2 Å². The number of nitrogens with zero attached hydrogens (tertiary/aromatic N) is 2. The van der Waals surface area contributed by atoms with Gasteiger partial charge in [0.25, 0.3) is 0 Å². The Morgan fingerprint density at radius 2 is 2.37 bits per heavy atom. The Bertz CT molecular complexity index is 443. The fraction of sp³-hybridized carbons (Fsp3) is 0.583. The van der Waals surface area contributed by atoms with Crippen LogP contribution in [0.25, 0.3) is 0 Å². The number of halogens is 1. The van der Waals surface area contributed by atoms with Gasteiger partial charge in [-0.3, -0.25) is 9.78 Å². The lowest BCUT2D eigenvalue weighted by Gasteiger charge is -2.10. The molecule has 2 N–H and O–H groups in total. The van der Waals surface area contributed by atoms with Crippen molar-refractivity contribution < 1.29 is 9.53 Å². The van der Waals surface area contributed by atoms with Crippen LogP contribution in [0.2, 0.25) is 5.15 Å². The number of methoxy groups -OCH3 is 1. The van der Waals surface area contributed by atoms with Crippen LogP contribution in [0.1, 0.15) is 12.1 Å². The van der Waals surface area contributed by atoms with Crippen LogP contribution in [0.5, 0.6) is 0 Å². The molecule has 1 aliphatic rings. The van der Waals surface area contributed by atoms with Gasteiger partial charge >= 0.3 is 0 Å². The Labute approximate surface area is 116 Å². The molecule has 1 fully saturated rings. The van der Waals surface area contributed by atoms with E-state index in [4.69, 9.17) is 16.3 Å². The fourth-order valence-corrected chi connectivity index (χ4v) is 2.30. The number of hydrogen-bond donors (Lipinski definition) is 2. The predicted octanol–water partition coefficient (Wildman–Crippen LogP) is 0.371. The quantitative estimate of drug-likeness (QED) is 0.817. The summed E-state index contributed by atoms with van der Waals surface area (Å²) in [7, 11) is 1.66. The standard InChI is InChI=1S/C12H17ClN4O2/c1-19-7-9-4-8(5-16-9)12(18)17-6-10-11(13)15-3-2-14-10/h2-3,8-9,16H,4-7H2,1H3,(H,17,18). The molecule has 0 spiro atoms. The molecule has 7 heteroatoms. The molecule has 2 unspecified atom stereocenters. The Kier molecular flexibility index (Phi) is 5.07. The molecule has 0 aromatic carbocycles. The van der Waals surface area contributed by atoms with Crippen molar-refractivity contribution in [1.82, 2.24) is 20.6 Å². The molecule has 0 bridgehead atoms. The molecule has 0 radical (unpaired) electrons. The smallest absolute Gasteiger partial charge is 0.224 e. The number of carbonyl (C=O) groups excluding carboxylic acids is 1. The summed E-state index contributed by atoms with van der Waals surface area (Å²) in [6, 6.07) is 0.251. The van der Waals surface area contributed by atoms with Gasteiger partial charge in [0, 0.05) is 32.1 Å². The molecule has 1 aromatic rings. The molecule has 104 valence electrons. The molecular formula is C12H17ClN4O2. The Hall–Kier alpha value is -1.24. The van der Waals surface area contributed by atoms with Crippen LogP contribution in [-0.4, -0.2) is 42.2 Å². The average molecular weight is 285 g/mol. The Morgan fingerprint density at radius 3 is 3.11 bits per heavy atom. The lowest BCUT2D eigenvalue weighted by atomic mass is 10.1. The molecule has 1 aliphatic heterocycles. The van der Waals surface area contributed by atoms with Crippen molar-refractivity contribution in [2.75, 3.05) is 20.3 Å². The van der Waals surface area contributed by atoms with E-state index in [1.165, 1.54) is 6.20 Å². The van der Waals surface area contributed by atoms with Gasteiger partial charge in [0.2, 0.25) is 5.91 Å². The first-order valence-corrected chi connectivity index (χ1v) is 6.54. The predicted molar refractivity (Wildman–Crippen MR) is 70.7 cm³/mol. The first-order valence-electron chi connectivity index (χ1n) is 6.16. The normalized spacial score (nSPS) is 22.4. The van der Waals surface area contributed by atoms with E-state index in [2.05, 4.69) is 20.6 Å². The number of aromatic nitrogens is 2. The first-order chi connectivity index (χ1) is 9.20. The third-order valence-corrected chi connectivity index (χ3v) is 3.43. The summed E-state index contributed by atoms with van der Waals surface area (Å²) < 4.78 is 5.07. The average Bonchev–Trinajstić information content (AvgIpc) is 2.87. The topological polar surface area (TPSA) is 76.1 Å². The molecule has 1 saturated heterocycles. The van der Waals surface area contributed by atoms with Gasteiger partial charge in [-0.25, -0.2) is 4.98 Å². The van der Waals surface area contributed by atoms with Gasteiger partial charge in [0.15, 0.2) is 5.15 Å². The lowest BCUT2D eigenvalue weighted by molar-refractivity contribution is -0.124. The summed E-state index contributed by atoms with van der Waals surface area (Å²) in [5.41, 5.74) is 0.580. The molecule has 2 heterocycles. The summed E-state index contributed by atoms with van der Waals surface area (Å²) in [6.45, 7) is 1.60. The van der Waals surface area contributed by atoms with Crippen molar-refractivity contribution in [2.45, 2.75) is 19.0 Å². The van der Waals surface area contributed by atoms with Gasteiger partial charge in [0.05, 0.1) is 24.8 Å². The van der Waals surface area contributed by atoms with Crippen LogP contribution in [0.3, 0.4) is 0 Å². The van der Waals surface area contributed by atoms with Gasteiger partial charge in [-0.1, -0.05) is 11.6 Å². The Morgan fingerprint density at radius 1 is 1.58 bits per heavy atom. The maximum absolute atomic E-state index is 12.0. The SMILES string of the molecule is COCC1CC(C(=O)NCc2nccnc2Cl)CN1. The van der Waals surface area contributed by atoms with Crippen LogP contribution in [-0.2, 0) is 16.1 Å². The molecule has 1 amide bonds. The molecule has 0 aliphatic carbocycles. The van der Waals surface area contributed by atoms with Crippen LogP contribution < -0.4 is 10.6 Å². The minimum Gasteiger partial charge on any atom is -0.383 e. The number of carbonyl (C=O) groups is 1. The second kappa shape index (κ2) is 6.79. The zero-order chi connectivity index (χ0) is 13.7. The third kappa shape index (κ3) is 3.86. The van der Waals surface area contributed by atoms with Crippen LogP contribution >= 0.6 is 11.6 Å². The Balaban J connectivity index is 1.81. The van der Waals surface area contributed by atoms with E-state index in [0.29, 0.717) is 30.5 Å². The molecule has 6 nitrogen and oxygen atoms in total. The summed E-state index contributed by atoms with van der Waals surface area (Å²) in [5, 5.41) is 6.42. The number of rotatable bonds is 5. The highest BCUT2D eigenvalue weighted by Crippen LogP contribution is 2.15. The highest BCUT2D eigenvalue weighted by atomic mass is 35.5. The van der Waals surface area contributed by atoms with Gasteiger partial charge < -0.3 is 15.4 Å². The van der Waals surface area contributed by atoms with E-state index < -0.39 is 0 Å². The molecular weight excluding hydrogens is 268 g/mol. The summed E-state index contributed by atoms with van der Waals surface area (Å²) >= 11 is 5.88. The van der Waals surface area contributed by atoms with Crippen LogP contribution in [0, 0.1) is 5.92 Å². The van der Waals surface area contributed by atoms with Crippen molar-refractivity contribution in [3.63, 3.8) is 0 Å². The maximum atomic E-state index is 12.0. The number of nitrogens with one attached hydrogen (secondary N) is 2.